The molecule has 1 fully saturated rings. The van der Waals surface area contributed by atoms with Gasteiger partial charge in [-0.05, 0) is 72.4 Å². The number of fused-ring (bicyclic) bond motifs is 1. The summed E-state index contributed by atoms with van der Waals surface area (Å²) in [6, 6.07) is 13.6. The molecule has 2 aromatic rings. The third kappa shape index (κ3) is 6.66. The zero-order chi connectivity index (χ0) is 29.3. The third-order valence-electron chi connectivity index (χ3n) is 8.39. The first-order valence-corrected chi connectivity index (χ1v) is 18.3. The molecule has 4 rings (SSSR count). The van der Waals surface area contributed by atoms with Crippen molar-refractivity contribution in [2.75, 3.05) is 26.9 Å². The van der Waals surface area contributed by atoms with E-state index < -0.39 is 13.9 Å². The van der Waals surface area contributed by atoms with Crippen LogP contribution in [0.15, 0.2) is 52.7 Å². The first-order chi connectivity index (χ1) is 18.8. The zero-order valence-electron chi connectivity index (χ0n) is 24.3. The number of carbonyl (C=O) groups excluding carboxylic acids is 1. The molecule has 2 unspecified atom stereocenters. The Balaban J connectivity index is 1.82. The molecule has 1 amide bonds. The summed E-state index contributed by atoms with van der Waals surface area (Å²) < 4.78 is 19.8. The summed E-state index contributed by atoms with van der Waals surface area (Å²) in [7, 11) is -0.380. The lowest BCUT2D eigenvalue weighted by molar-refractivity contribution is -0.126. The van der Waals surface area contributed by atoms with Crippen LogP contribution in [0.3, 0.4) is 0 Å². The Kier molecular flexibility index (Phi) is 9.85. The molecule has 0 aliphatic carbocycles. The van der Waals surface area contributed by atoms with Gasteiger partial charge < -0.3 is 18.8 Å². The van der Waals surface area contributed by atoms with Crippen LogP contribution in [0.1, 0.15) is 51.2 Å². The molecule has 2 heterocycles. The molecular weight excluding hydrogens is 629 g/mol. The van der Waals surface area contributed by atoms with Gasteiger partial charge in [0.05, 0.1) is 18.3 Å². The minimum Gasteiger partial charge on any atom is -0.495 e. The number of rotatable bonds is 11. The van der Waals surface area contributed by atoms with Crippen molar-refractivity contribution in [1.82, 2.24) is 4.90 Å². The second-order valence-electron chi connectivity index (χ2n) is 12.4. The lowest BCUT2D eigenvalue weighted by Gasteiger charge is -2.38. The SMILES string of the molecule is COCCCCOC1=C(c2cc(Cl)cc(Cl)c2)C(=O)N2CC(O[Si](C)(C)C(C)(C)C)CC12Cc1ccc(Br)cc1. The van der Waals surface area contributed by atoms with Crippen molar-refractivity contribution in [2.24, 2.45) is 0 Å². The van der Waals surface area contributed by atoms with E-state index in [-0.39, 0.29) is 17.0 Å². The number of hydrogen-bond acceptors (Lipinski definition) is 4. The molecule has 2 aliphatic rings. The first-order valence-electron chi connectivity index (χ1n) is 13.8. The zero-order valence-corrected chi connectivity index (χ0v) is 28.4. The number of benzene rings is 2. The van der Waals surface area contributed by atoms with E-state index in [1.807, 2.05) is 17.0 Å². The highest BCUT2D eigenvalue weighted by atomic mass is 79.9. The molecule has 5 nitrogen and oxygen atoms in total. The van der Waals surface area contributed by atoms with Crippen LogP contribution in [-0.2, 0) is 25.1 Å². The van der Waals surface area contributed by atoms with E-state index in [2.05, 4.69) is 61.9 Å². The number of nitrogens with zero attached hydrogens (tertiary/aromatic N) is 1. The Morgan fingerprint density at radius 3 is 2.27 bits per heavy atom. The molecule has 2 aromatic carbocycles. The van der Waals surface area contributed by atoms with Crippen molar-refractivity contribution in [2.45, 2.75) is 76.2 Å². The molecule has 40 heavy (non-hydrogen) atoms. The maximum Gasteiger partial charge on any atom is 0.258 e. The van der Waals surface area contributed by atoms with Gasteiger partial charge in [-0.2, -0.15) is 0 Å². The average Bonchev–Trinajstić information content (AvgIpc) is 3.30. The Bertz CT molecular complexity index is 1240. The smallest absolute Gasteiger partial charge is 0.258 e. The van der Waals surface area contributed by atoms with Crippen molar-refractivity contribution in [1.29, 1.82) is 0 Å². The van der Waals surface area contributed by atoms with E-state index in [9.17, 15) is 4.79 Å². The third-order valence-corrected chi connectivity index (χ3v) is 13.9. The van der Waals surface area contributed by atoms with Crippen molar-refractivity contribution < 1.29 is 18.7 Å². The van der Waals surface area contributed by atoms with Crippen LogP contribution in [-0.4, -0.2) is 57.6 Å². The molecule has 2 atom stereocenters. The topological polar surface area (TPSA) is 48.0 Å². The lowest BCUT2D eigenvalue weighted by Crippen LogP contribution is -2.45. The van der Waals surface area contributed by atoms with E-state index >= 15 is 0 Å². The van der Waals surface area contributed by atoms with Gasteiger partial charge in [0, 0.05) is 47.6 Å². The summed E-state index contributed by atoms with van der Waals surface area (Å²) in [6.45, 7) is 12.9. The second-order valence-corrected chi connectivity index (χ2v) is 18.9. The van der Waals surface area contributed by atoms with E-state index in [1.165, 1.54) is 0 Å². The van der Waals surface area contributed by atoms with E-state index in [0.717, 1.165) is 22.9 Å². The summed E-state index contributed by atoms with van der Waals surface area (Å²) in [4.78, 5) is 16.3. The monoisotopic (exact) mass is 667 g/mol. The lowest BCUT2D eigenvalue weighted by atomic mass is 9.85. The standard InChI is InChI=1S/C31H40BrCl2NO4Si/c1-30(2,3)40(5,6)39-26-19-31(18-21-9-11-23(32)12-10-21)28(38-14-8-7-13-37-4)27(29(36)35(31)20-26)22-15-24(33)17-25(34)16-22/h9-12,15-17,26H,7-8,13-14,18-20H2,1-6H3. The summed E-state index contributed by atoms with van der Waals surface area (Å²) in [5.74, 6) is 0.626. The fourth-order valence-corrected chi connectivity index (χ4v) is 7.56. The Hall–Kier alpha value is -1.35. The molecule has 0 radical (unpaired) electrons. The predicted molar refractivity (Wildman–Crippen MR) is 169 cm³/mol. The van der Waals surface area contributed by atoms with E-state index in [1.54, 1.807) is 25.3 Å². The maximum atomic E-state index is 14.3. The highest BCUT2D eigenvalue weighted by molar-refractivity contribution is 9.10. The quantitative estimate of drug-likeness (QED) is 0.178. The normalized spacial score (nSPS) is 21.4. The van der Waals surface area contributed by atoms with Gasteiger partial charge in [0.15, 0.2) is 8.32 Å². The van der Waals surface area contributed by atoms with E-state index in [0.29, 0.717) is 59.5 Å². The summed E-state index contributed by atoms with van der Waals surface area (Å²) >= 11 is 16.4. The van der Waals surface area contributed by atoms with E-state index in [4.69, 9.17) is 37.1 Å². The molecule has 2 aliphatic heterocycles. The summed E-state index contributed by atoms with van der Waals surface area (Å²) in [6.07, 6.45) is 2.88. The first kappa shape index (κ1) is 31.6. The fourth-order valence-electron chi connectivity index (χ4n) is 5.43. The van der Waals surface area contributed by atoms with Crippen LogP contribution in [0.5, 0.6) is 0 Å². The maximum absolute atomic E-state index is 14.3. The van der Waals surface area contributed by atoms with Crippen LogP contribution in [0.25, 0.3) is 5.57 Å². The second kappa shape index (κ2) is 12.5. The molecule has 0 N–H and O–H groups in total. The average molecular weight is 670 g/mol. The van der Waals surface area contributed by atoms with Crippen molar-refractivity contribution >= 4 is 58.9 Å². The van der Waals surface area contributed by atoms with Crippen LogP contribution < -0.4 is 0 Å². The molecule has 0 spiro atoms. The molecular formula is C31H40BrCl2NO4Si. The van der Waals surface area contributed by atoms with Gasteiger partial charge in [-0.3, -0.25) is 4.79 Å². The highest BCUT2D eigenvalue weighted by Gasteiger charge is 2.59. The number of halogens is 3. The summed E-state index contributed by atoms with van der Waals surface area (Å²) in [5, 5.41) is 1.02. The molecule has 0 bridgehead atoms. The van der Waals surface area contributed by atoms with Crippen molar-refractivity contribution in [3.05, 3.63) is 73.9 Å². The van der Waals surface area contributed by atoms with Gasteiger partial charge in [-0.25, -0.2) is 0 Å². The van der Waals surface area contributed by atoms with Gasteiger partial charge >= 0.3 is 0 Å². The van der Waals surface area contributed by atoms with Gasteiger partial charge in [0.25, 0.3) is 5.91 Å². The molecule has 218 valence electrons. The van der Waals surface area contributed by atoms with Crippen LogP contribution in [0.2, 0.25) is 28.2 Å². The molecule has 9 heteroatoms. The summed E-state index contributed by atoms with van der Waals surface area (Å²) in [5.41, 5.74) is 1.67. The highest BCUT2D eigenvalue weighted by Crippen LogP contribution is 2.51. The number of amides is 1. The van der Waals surface area contributed by atoms with Crippen LogP contribution in [0, 0.1) is 0 Å². The Morgan fingerprint density at radius 1 is 1.05 bits per heavy atom. The Labute approximate surface area is 258 Å². The Morgan fingerprint density at radius 2 is 1.68 bits per heavy atom. The predicted octanol–water partition coefficient (Wildman–Crippen LogP) is 8.53. The van der Waals surface area contributed by atoms with Crippen LogP contribution in [0.4, 0.5) is 0 Å². The van der Waals surface area contributed by atoms with Gasteiger partial charge in [0.2, 0.25) is 0 Å². The number of methoxy groups -OCH3 is 1. The molecule has 0 saturated carbocycles. The van der Waals surface area contributed by atoms with Crippen molar-refractivity contribution in [3.8, 4) is 0 Å². The molecule has 1 saturated heterocycles. The van der Waals surface area contributed by atoms with Gasteiger partial charge in [-0.1, -0.05) is 72.0 Å². The number of unbranched alkanes of at least 4 members (excludes halogenated alkanes) is 1. The molecule has 0 aromatic heterocycles. The van der Waals surface area contributed by atoms with Crippen molar-refractivity contribution in [3.63, 3.8) is 0 Å². The largest absolute Gasteiger partial charge is 0.495 e. The number of ether oxygens (including phenoxy) is 2. The number of hydrogen-bond donors (Lipinski definition) is 0. The minimum absolute atomic E-state index is 0.0577. The number of carbonyl (C=O) groups is 1. The van der Waals surface area contributed by atoms with Gasteiger partial charge in [0.1, 0.15) is 11.3 Å². The fraction of sp³-hybridized carbons (Fsp3) is 0.516. The minimum atomic E-state index is -2.08. The van der Waals surface area contributed by atoms with Gasteiger partial charge in [-0.15, -0.1) is 0 Å². The van der Waals surface area contributed by atoms with Crippen LogP contribution >= 0.6 is 39.1 Å².